The van der Waals surface area contributed by atoms with Gasteiger partial charge >= 0.3 is 0 Å². The van der Waals surface area contributed by atoms with Gasteiger partial charge in [0.05, 0.1) is 13.2 Å². The lowest BCUT2D eigenvalue weighted by atomic mass is 9.51. The lowest BCUT2D eigenvalue weighted by molar-refractivity contribution is -0.209. The molecule has 0 N–H and O–H groups in total. The molecule has 3 heteroatoms. The predicted molar refractivity (Wildman–Crippen MR) is 116 cm³/mol. The summed E-state index contributed by atoms with van der Waals surface area (Å²) in [4.78, 5) is 0. The Kier molecular flexibility index (Phi) is 4.87. The summed E-state index contributed by atoms with van der Waals surface area (Å²) in [5, 5.41) is 0. The van der Waals surface area contributed by atoms with Gasteiger partial charge in [-0.25, -0.2) is 0 Å². The van der Waals surface area contributed by atoms with Crippen LogP contribution in [0.2, 0.25) is 0 Å². The summed E-state index contributed by atoms with van der Waals surface area (Å²) in [5.41, 5.74) is 4.52. The van der Waals surface area contributed by atoms with Crippen LogP contribution < -0.4 is 4.74 Å². The van der Waals surface area contributed by atoms with Gasteiger partial charge in [-0.15, -0.1) is 6.58 Å². The maximum atomic E-state index is 6.59. The highest BCUT2D eigenvalue weighted by molar-refractivity contribution is 5.78. The molecule has 1 saturated carbocycles. The SMILES string of the molecule is C=C[C@@]12CCc3cc(OC)ccc3C1=CC[C@]1(C)[C@@H](OC3CCCCO3)CC[C@H]12. The third-order valence-corrected chi connectivity index (χ3v) is 8.35. The molecule has 5 atom stereocenters. The van der Waals surface area contributed by atoms with Crippen LogP contribution in [0.4, 0.5) is 0 Å². The monoisotopic (exact) mass is 394 g/mol. The zero-order valence-electron chi connectivity index (χ0n) is 17.9. The Hall–Kier alpha value is -1.58. The van der Waals surface area contributed by atoms with E-state index in [0.717, 1.165) is 44.5 Å². The van der Waals surface area contributed by atoms with Crippen LogP contribution in [-0.4, -0.2) is 26.1 Å². The maximum absolute atomic E-state index is 6.59. The fourth-order valence-electron chi connectivity index (χ4n) is 6.78. The van der Waals surface area contributed by atoms with E-state index in [9.17, 15) is 0 Å². The third kappa shape index (κ3) is 2.92. The van der Waals surface area contributed by atoms with Gasteiger partial charge in [0.25, 0.3) is 0 Å². The average molecular weight is 395 g/mol. The number of allylic oxidation sites excluding steroid dienone is 3. The van der Waals surface area contributed by atoms with Crippen molar-refractivity contribution >= 4 is 5.57 Å². The Bertz CT molecular complexity index is 821. The molecule has 0 bridgehead atoms. The van der Waals surface area contributed by atoms with E-state index < -0.39 is 0 Å². The van der Waals surface area contributed by atoms with Crippen LogP contribution in [0.15, 0.2) is 36.9 Å². The van der Waals surface area contributed by atoms with Crippen LogP contribution >= 0.6 is 0 Å². The molecular weight excluding hydrogens is 360 g/mol. The molecular formula is C26H34O3. The van der Waals surface area contributed by atoms with Gasteiger partial charge in [0.2, 0.25) is 0 Å². The molecule has 1 aromatic rings. The zero-order valence-corrected chi connectivity index (χ0v) is 17.9. The molecule has 1 aromatic carbocycles. The molecule has 1 heterocycles. The summed E-state index contributed by atoms with van der Waals surface area (Å²) in [7, 11) is 1.75. The molecule has 0 radical (unpaired) electrons. The molecule has 156 valence electrons. The third-order valence-electron chi connectivity index (χ3n) is 8.35. The maximum Gasteiger partial charge on any atom is 0.157 e. The van der Waals surface area contributed by atoms with E-state index in [2.05, 4.69) is 43.9 Å². The first-order valence-electron chi connectivity index (χ1n) is 11.4. The lowest BCUT2D eigenvalue weighted by Gasteiger charge is -2.53. The number of rotatable bonds is 4. The average Bonchev–Trinajstić information content (AvgIpc) is 3.10. The number of fused-ring (bicyclic) bond motifs is 5. The quantitative estimate of drug-likeness (QED) is 0.593. The summed E-state index contributed by atoms with van der Waals surface area (Å²) < 4.78 is 18.0. The van der Waals surface area contributed by atoms with Crippen molar-refractivity contribution in [2.45, 2.75) is 70.7 Å². The summed E-state index contributed by atoms with van der Waals surface area (Å²) >= 11 is 0. The summed E-state index contributed by atoms with van der Waals surface area (Å²) in [6, 6.07) is 6.59. The van der Waals surface area contributed by atoms with E-state index in [1.807, 2.05) is 0 Å². The van der Waals surface area contributed by atoms with E-state index in [4.69, 9.17) is 14.2 Å². The number of ether oxygens (including phenoxy) is 3. The van der Waals surface area contributed by atoms with Gasteiger partial charge in [0.15, 0.2) is 6.29 Å². The molecule has 2 fully saturated rings. The minimum Gasteiger partial charge on any atom is -0.497 e. The van der Waals surface area contributed by atoms with Crippen molar-refractivity contribution in [2.24, 2.45) is 16.7 Å². The van der Waals surface area contributed by atoms with E-state index in [0.29, 0.717) is 5.92 Å². The topological polar surface area (TPSA) is 27.7 Å². The second-order valence-corrected chi connectivity index (χ2v) is 9.65. The normalized spacial score (nSPS) is 38.4. The first-order chi connectivity index (χ1) is 14.1. The number of hydrogen-bond acceptors (Lipinski definition) is 3. The Balaban J connectivity index is 1.49. The highest BCUT2D eigenvalue weighted by Crippen LogP contribution is 2.65. The molecule has 0 amide bonds. The minimum absolute atomic E-state index is 0.00562. The number of aryl methyl sites for hydroxylation is 1. The minimum atomic E-state index is -0.00562. The van der Waals surface area contributed by atoms with Crippen molar-refractivity contribution in [3.05, 3.63) is 48.1 Å². The van der Waals surface area contributed by atoms with Gasteiger partial charge in [-0.3, -0.25) is 0 Å². The van der Waals surface area contributed by atoms with Crippen LogP contribution in [0.3, 0.4) is 0 Å². The van der Waals surface area contributed by atoms with Crippen molar-refractivity contribution in [3.8, 4) is 5.75 Å². The van der Waals surface area contributed by atoms with E-state index in [1.54, 1.807) is 7.11 Å². The van der Waals surface area contributed by atoms with Gasteiger partial charge in [0, 0.05) is 17.4 Å². The smallest absolute Gasteiger partial charge is 0.157 e. The summed E-state index contributed by atoms with van der Waals surface area (Å²) in [6.07, 6.45) is 14.1. The Morgan fingerprint density at radius 1 is 1.21 bits per heavy atom. The molecule has 1 saturated heterocycles. The molecule has 4 aliphatic rings. The molecule has 0 spiro atoms. The van der Waals surface area contributed by atoms with E-state index in [1.165, 1.54) is 36.0 Å². The predicted octanol–water partition coefficient (Wildman–Crippen LogP) is 5.93. The van der Waals surface area contributed by atoms with Gasteiger partial charge in [-0.1, -0.05) is 25.1 Å². The molecule has 0 aromatic heterocycles. The van der Waals surface area contributed by atoms with Crippen molar-refractivity contribution in [1.29, 1.82) is 0 Å². The van der Waals surface area contributed by atoms with Crippen LogP contribution in [0.25, 0.3) is 5.57 Å². The molecule has 5 rings (SSSR count). The van der Waals surface area contributed by atoms with Gasteiger partial charge in [0.1, 0.15) is 5.75 Å². The van der Waals surface area contributed by atoms with Crippen LogP contribution in [-0.2, 0) is 15.9 Å². The Morgan fingerprint density at radius 2 is 2.10 bits per heavy atom. The van der Waals surface area contributed by atoms with Crippen LogP contribution in [0.5, 0.6) is 5.75 Å². The number of hydrogen-bond donors (Lipinski definition) is 0. The lowest BCUT2D eigenvalue weighted by Crippen LogP contribution is -2.47. The summed E-state index contributed by atoms with van der Waals surface area (Å²) in [5.74, 6) is 1.54. The Morgan fingerprint density at radius 3 is 2.86 bits per heavy atom. The molecule has 29 heavy (non-hydrogen) atoms. The van der Waals surface area contributed by atoms with Gasteiger partial charge in [-0.05, 0) is 86.1 Å². The second-order valence-electron chi connectivity index (χ2n) is 9.65. The van der Waals surface area contributed by atoms with E-state index >= 15 is 0 Å². The second kappa shape index (κ2) is 7.28. The Labute approximate surface area is 175 Å². The van der Waals surface area contributed by atoms with Crippen molar-refractivity contribution < 1.29 is 14.2 Å². The standard InChI is InChI=1S/C26H34O3/c1-4-26-15-12-18-17-19(27-3)8-9-20(18)21(26)13-14-25(2)22(26)10-11-23(25)29-24-7-5-6-16-28-24/h4,8-9,13,17,22-24H,1,5-7,10-12,14-16H2,2-3H3/t22-,23+,24?,25+,26-/m1/s1. The first kappa shape index (κ1) is 19.4. The highest BCUT2D eigenvalue weighted by atomic mass is 16.7. The van der Waals surface area contributed by atoms with Crippen LogP contribution in [0, 0.1) is 16.7 Å². The number of methoxy groups -OCH3 is 1. The molecule has 1 aliphatic heterocycles. The summed E-state index contributed by atoms with van der Waals surface area (Å²) in [6.45, 7) is 7.67. The molecule has 1 unspecified atom stereocenters. The first-order valence-corrected chi connectivity index (χ1v) is 11.4. The van der Waals surface area contributed by atoms with Crippen molar-refractivity contribution in [2.75, 3.05) is 13.7 Å². The number of benzene rings is 1. The van der Waals surface area contributed by atoms with Gasteiger partial charge < -0.3 is 14.2 Å². The zero-order chi connectivity index (χ0) is 20.1. The molecule has 3 aliphatic carbocycles. The largest absolute Gasteiger partial charge is 0.497 e. The van der Waals surface area contributed by atoms with Crippen molar-refractivity contribution in [1.82, 2.24) is 0 Å². The fraction of sp³-hybridized carbons (Fsp3) is 0.615. The fourth-order valence-corrected chi connectivity index (χ4v) is 6.78. The van der Waals surface area contributed by atoms with Crippen molar-refractivity contribution in [3.63, 3.8) is 0 Å². The van der Waals surface area contributed by atoms with Crippen LogP contribution in [0.1, 0.15) is 63.0 Å². The van der Waals surface area contributed by atoms with Gasteiger partial charge in [-0.2, -0.15) is 0 Å². The highest BCUT2D eigenvalue weighted by Gasteiger charge is 2.59. The molecule has 3 nitrogen and oxygen atoms in total. The van der Waals surface area contributed by atoms with E-state index in [-0.39, 0.29) is 23.2 Å².